The van der Waals surface area contributed by atoms with Gasteiger partial charge in [0.2, 0.25) is 0 Å². The molecule has 5 nitrogen and oxygen atoms in total. The zero-order valence-corrected chi connectivity index (χ0v) is 10.8. The van der Waals surface area contributed by atoms with E-state index in [9.17, 15) is 18.0 Å². The summed E-state index contributed by atoms with van der Waals surface area (Å²) in [5, 5.41) is 3.22. The quantitative estimate of drug-likeness (QED) is 0.739. The van der Waals surface area contributed by atoms with Crippen LogP contribution in [-0.4, -0.2) is 35.4 Å². The SMILES string of the molecule is O=c1cc(CNC2CC2)nc(CCOCC(F)(F)F)[nH]1. The average Bonchev–Trinajstić information content (AvgIpc) is 3.14. The van der Waals surface area contributed by atoms with Crippen LogP contribution in [0, 0.1) is 0 Å². The summed E-state index contributed by atoms with van der Waals surface area (Å²) in [6.45, 7) is -0.937. The number of nitrogens with one attached hydrogen (secondary N) is 2. The number of nitrogens with zero attached hydrogens (tertiary/aromatic N) is 1. The van der Waals surface area contributed by atoms with E-state index in [1.807, 2.05) is 0 Å². The molecule has 8 heteroatoms. The molecule has 1 aliphatic carbocycles. The summed E-state index contributed by atoms with van der Waals surface area (Å²) in [7, 11) is 0. The van der Waals surface area contributed by atoms with Crippen molar-refractivity contribution in [2.24, 2.45) is 0 Å². The van der Waals surface area contributed by atoms with Gasteiger partial charge in [0.25, 0.3) is 5.56 Å². The van der Waals surface area contributed by atoms with Crippen molar-refractivity contribution < 1.29 is 17.9 Å². The summed E-state index contributed by atoms with van der Waals surface area (Å²) in [4.78, 5) is 18.1. The summed E-state index contributed by atoms with van der Waals surface area (Å²) in [6.07, 6.45) is -1.94. The molecule has 1 aromatic rings. The van der Waals surface area contributed by atoms with Crippen molar-refractivity contribution in [3.8, 4) is 0 Å². The maximum absolute atomic E-state index is 11.9. The number of hydrogen-bond donors (Lipinski definition) is 2. The van der Waals surface area contributed by atoms with Crippen LogP contribution in [0.3, 0.4) is 0 Å². The highest BCUT2D eigenvalue weighted by Crippen LogP contribution is 2.18. The minimum Gasteiger partial charge on any atom is -0.372 e. The van der Waals surface area contributed by atoms with E-state index in [-0.39, 0.29) is 18.6 Å². The Morgan fingerprint density at radius 2 is 2.20 bits per heavy atom. The second kappa shape index (κ2) is 6.36. The van der Waals surface area contributed by atoms with Gasteiger partial charge in [-0.25, -0.2) is 4.98 Å². The number of rotatable bonds is 7. The fraction of sp³-hybridized carbons (Fsp3) is 0.667. The number of alkyl halides is 3. The maximum Gasteiger partial charge on any atom is 0.411 e. The van der Waals surface area contributed by atoms with Gasteiger partial charge in [-0.05, 0) is 12.8 Å². The van der Waals surface area contributed by atoms with Gasteiger partial charge in [-0.3, -0.25) is 4.79 Å². The lowest BCUT2D eigenvalue weighted by Gasteiger charge is -2.08. The Bertz CT molecular complexity index is 497. The van der Waals surface area contributed by atoms with E-state index >= 15 is 0 Å². The predicted octanol–water partition coefficient (Wildman–Crippen LogP) is 1.14. The molecule has 0 aromatic carbocycles. The van der Waals surface area contributed by atoms with Crippen molar-refractivity contribution in [2.45, 2.75) is 38.0 Å². The molecular formula is C12H16F3N3O2. The van der Waals surface area contributed by atoms with E-state index in [0.29, 0.717) is 24.1 Å². The number of aromatic amines is 1. The minimum absolute atomic E-state index is 0.137. The lowest BCUT2D eigenvalue weighted by Crippen LogP contribution is -2.22. The number of aromatic nitrogens is 2. The van der Waals surface area contributed by atoms with Crippen molar-refractivity contribution in [1.29, 1.82) is 0 Å². The fourth-order valence-electron chi connectivity index (χ4n) is 1.67. The van der Waals surface area contributed by atoms with E-state index in [0.717, 1.165) is 12.8 Å². The first kappa shape index (κ1) is 15.0. The summed E-state index contributed by atoms with van der Waals surface area (Å²) >= 11 is 0. The van der Waals surface area contributed by atoms with Crippen LogP contribution in [0.2, 0.25) is 0 Å². The second-order valence-electron chi connectivity index (χ2n) is 4.76. The van der Waals surface area contributed by atoms with Crippen LogP contribution in [0.1, 0.15) is 24.4 Å². The second-order valence-corrected chi connectivity index (χ2v) is 4.76. The minimum atomic E-state index is -4.34. The summed E-state index contributed by atoms with van der Waals surface area (Å²) in [5.41, 5.74) is 0.282. The monoisotopic (exact) mass is 291 g/mol. The Kier molecular flexibility index (Phi) is 4.77. The van der Waals surface area contributed by atoms with Crippen LogP contribution in [-0.2, 0) is 17.7 Å². The molecule has 0 unspecified atom stereocenters. The molecule has 2 rings (SSSR count). The molecular weight excluding hydrogens is 275 g/mol. The largest absolute Gasteiger partial charge is 0.411 e. The highest BCUT2D eigenvalue weighted by atomic mass is 19.4. The number of ether oxygens (including phenoxy) is 1. The van der Waals surface area contributed by atoms with E-state index < -0.39 is 12.8 Å². The molecule has 0 spiro atoms. The topological polar surface area (TPSA) is 67.0 Å². The number of hydrogen-bond acceptors (Lipinski definition) is 4. The molecule has 0 aliphatic heterocycles. The summed E-state index contributed by atoms with van der Waals surface area (Å²) in [6, 6.07) is 1.88. The first-order valence-electron chi connectivity index (χ1n) is 6.39. The fourth-order valence-corrected chi connectivity index (χ4v) is 1.67. The van der Waals surface area contributed by atoms with Crippen LogP contribution >= 0.6 is 0 Å². The molecule has 1 saturated carbocycles. The molecule has 0 radical (unpaired) electrons. The third-order valence-electron chi connectivity index (χ3n) is 2.74. The van der Waals surface area contributed by atoms with Gasteiger partial charge < -0.3 is 15.0 Å². The maximum atomic E-state index is 11.9. The number of H-pyrrole nitrogens is 1. The highest BCUT2D eigenvalue weighted by Gasteiger charge is 2.27. The molecule has 1 heterocycles. The van der Waals surface area contributed by atoms with Gasteiger partial charge in [-0.15, -0.1) is 0 Å². The zero-order chi connectivity index (χ0) is 14.6. The Balaban J connectivity index is 1.82. The predicted molar refractivity (Wildman–Crippen MR) is 65.3 cm³/mol. The van der Waals surface area contributed by atoms with Gasteiger partial charge in [0, 0.05) is 25.1 Å². The molecule has 20 heavy (non-hydrogen) atoms. The molecule has 1 fully saturated rings. The zero-order valence-electron chi connectivity index (χ0n) is 10.8. The van der Waals surface area contributed by atoms with E-state index in [1.165, 1.54) is 6.07 Å². The van der Waals surface area contributed by atoms with Crippen LogP contribution in [0.25, 0.3) is 0 Å². The van der Waals surface area contributed by atoms with Gasteiger partial charge in [-0.2, -0.15) is 13.2 Å². The Morgan fingerprint density at radius 3 is 2.85 bits per heavy atom. The van der Waals surface area contributed by atoms with Crippen molar-refractivity contribution in [3.63, 3.8) is 0 Å². The first-order chi connectivity index (χ1) is 9.42. The van der Waals surface area contributed by atoms with Crippen molar-refractivity contribution in [1.82, 2.24) is 15.3 Å². The van der Waals surface area contributed by atoms with Gasteiger partial charge in [0.1, 0.15) is 12.4 Å². The smallest absolute Gasteiger partial charge is 0.372 e. The normalized spacial score (nSPS) is 15.6. The lowest BCUT2D eigenvalue weighted by atomic mass is 10.3. The molecule has 112 valence electrons. The van der Waals surface area contributed by atoms with Crippen LogP contribution in [0.4, 0.5) is 13.2 Å². The van der Waals surface area contributed by atoms with Gasteiger partial charge in [-0.1, -0.05) is 0 Å². The molecule has 0 saturated heterocycles. The first-order valence-corrected chi connectivity index (χ1v) is 6.39. The molecule has 2 N–H and O–H groups in total. The van der Waals surface area contributed by atoms with Crippen LogP contribution < -0.4 is 10.9 Å². The molecule has 0 amide bonds. The third-order valence-corrected chi connectivity index (χ3v) is 2.74. The van der Waals surface area contributed by atoms with E-state index in [2.05, 4.69) is 20.0 Å². The van der Waals surface area contributed by atoms with Crippen LogP contribution in [0.5, 0.6) is 0 Å². The molecule has 1 aromatic heterocycles. The van der Waals surface area contributed by atoms with E-state index in [4.69, 9.17) is 0 Å². The molecule has 0 atom stereocenters. The van der Waals surface area contributed by atoms with E-state index in [1.54, 1.807) is 0 Å². The molecule has 0 bridgehead atoms. The summed E-state index contributed by atoms with van der Waals surface area (Å²) in [5.74, 6) is 0.340. The Hall–Kier alpha value is -1.41. The van der Waals surface area contributed by atoms with Crippen molar-refractivity contribution >= 4 is 0 Å². The summed E-state index contributed by atoms with van der Waals surface area (Å²) < 4.78 is 40.1. The standard InChI is InChI=1S/C12H16F3N3O2/c13-12(14,15)7-20-4-3-10-17-9(5-11(19)18-10)6-16-8-1-2-8/h5,8,16H,1-4,6-7H2,(H,17,18,19). The van der Waals surface area contributed by atoms with Gasteiger partial charge >= 0.3 is 6.18 Å². The third kappa shape index (κ3) is 5.70. The highest BCUT2D eigenvalue weighted by molar-refractivity contribution is 5.03. The average molecular weight is 291 g/mol. The van der Waals surface area contributed by atoms with Crippen molar-refractivity contribution in [2.75, 3.05) is 13.2 Å². The molecule has 1 aliphatic rings. The number of halogens is 3. The Labute approximate surface area is 113 Å². The lowest BCUT2D eigenvalue weighted by molar-refractivity contribution is -0.173. The van der Waals surface area contributed by atoms with Gasteiger partial charge in [0.05, 0.1) is 12.3 Å². The Morgan fingerprint density at radius 1 is 1.45 bits per heavy atom. The van der Waals surface area contributed by atoms with Gasteiger partial charge in [0.15, 0.2) is 0 Å². The van der Waals surface area contributed by atoms with Crippen LogP contribution in [0.15, 0.2) is 10.9 Å². The van der Waals surface area contributed by atoms with Crippen molar-refractivity contribution in [3.05, 3.63) is 27.9 Å².